The normalized spacial score (nSPS) is 17.8. The van der Waals surface area contributed by atoms with Crippen molar-refractivity contribution in [3.05, 3.63) is 52.5 Å². The van der Waals surface area contributed by atoms with Crippen molar-refractivity contribution in [3.63, 3.8) is 0 Å². The van der Waals surface area contributed by atoms with Gasteiger partial charge in [0.1, 0.15) is 11.5 Å². The SMILES string of the molecule is CCOc1ccc(N=C2S[C@H](Cc3cc(Br)ccc3OCC)C(=O)N2CC)cc1. The number of aliphatic imine (C=N–C) groups is 1. The lowest BCUT2D eigenvalue weighted by molar-refractivity contribution is -0.126. The van der Waals surface area contributed by atoms with Gasteiger partial charge in [0, 0.05) is 11.0 Å². The van der Waals surface area contributed by atoms with Gasteiger partial charge >= 0.3 is 0 Å². The van der Waals surface area contributed by atoms with E-state index in [1.165, 1.54) is 11.8 Å². The number of carbonyl (C=O) groups is 1. The highest BCUT2D eigenvalue weighted by Crippen LogP contribution is 2.34. The number of amides is 1. The number of amidine groups is 1. The molecule has 2 aromatic rings. The van der Waals surface area contributed by atoms with E-state index in [1.54, 1.807) is 4.90 Å². The van der Waals surface area contributed by atoms with Gasteiger partial charge in [-0.2, -0.15) is 0 Å². The molecule has 0 aromatic heterocycles. The van der Waals surface area contributed by atoms with Crippen LogP contribution in [-0.2, 0) is 11.2 Å². The average molecular weight is 477 g/mol. The fourth-order valence-electron chi connectivity index (χ4n) is 3.11. The van der Waals surface area contributed by atoms with Crippen LogP contribution in [0.25, 0.3) is 0 Å². The highest BCUT2D eigenvalue weighted by atomic mass is 79.9. The molecule has 5 nitrogen and oxygen atoms in total. The van der Waals surface area contributed by atoms with Crippen LogP contribution in [-0.4, -0.2) is 41.0 Å². The summed E-state index contributed by atoms with van der Waals surface area (Å²) in [6.07, 6.45) is 0.594. The number of hydrogen-bond donors (Lipinski definition) is 0. The van der Waals surface area contributed by atoms with Crippen molar-refractivity contribution in [3.8, 4) is 11.5 Å². The number of benzene rings is 2. The Labute approximate surface area is 184 Å². The zero-order valence-corrected chi connectivity index (χ0v) is 19.3. The molecule has 3 rings (SSSR count). The van der Waals surface area contributed by atoms with Gasteiger partial charge in [-0.25, -0.2) is 4.99 Å². The van der Waals surface area contributed by atoms with E-state index >= 15 is 0 Å². The van der Waals surface area contributed by atoms with Crippen LogP contribution in [0.2, 0.25) is 0 Å². The molecule has 7 heteroatoms. The first kappa shape index (κ1) is 21.7. The molecule has 0 spiro atoms. The van der Waals surface area contributed by atoms with Crippen LogP contribution < -0.4 is 9.47 Å². The molecular weight excluding hydrogens is 452 g/mol. The topological polar surface area (TPSA) is 51.1 Å². The molecule has 29 heavy (non-hydrogen) atoms. The lowest BCUT2D eigenvalue weighted by Gasteiger charge is -2.14. The predicted octanol–water partition coefficient (Wildman–Crippen LogP) is 5.44. The van der Waals surface area contributed by atoms with Crippen LogP contribution in [0.4, 0.5) is 5.69 Å². The number of halogens is 1. The van der Waals surface area contributed by atoms with Crippen LogP contribution in [0.3, 0.4) is 0 Å². The number of ether oxygens (including phenoxy) is 2. The molecule has 0 bridgehead atoms. The van der Waals surface area contributed by atoms with E-state index in [2.05, 4.69) is 15.9 Å². The van der Waals surface area contributed by atoms with E-state index < -0.39 is 0 Å². The molecule has 1 amide bonds. The van der Waals surface area contributed by atoms with E-state index in [4.69, 9.17) is 14.5 Å². The Morgan fingerprint density at radius 1 is 1.07 bits per heavy atom. The lowest BCUT2D eigenvalue weighted by Crippen LogP contribution is -2.32. The van der Waals surface area contributed by atoms with Crippen LogP contribution >= 0.6 is 27.7 Å². The fraction of sp³-hybridized carbons (Fsp3) is 0.364. The number of thioether (sulfide) groups is 1. The zero-order chi connectivity index (χ0) is 20.8. The Kier molecular flexibility index (Phi) is 7.61. The lowest BCUT2D eigenvalue weighted by atomic mass is 10.1. The summed E-state index contributed by atoms with van der Waals surface area (Å²) in [4.78, 5) is 19.5. The van der Waals surface area contributed by atoms with E-state index in [-0.39, 0.29) is 11.2 Å². The molecule has 1 saturated heterocycles. The van der Waals surface area contributed by atoms with E-state index in [1.807, 2.05) is 63.2 Å². The van der Waals surface area contributed by atoms with Gasteiger partial charge in [0.15, 0.2) is 5.17 Å². The van der Waals surface area contributed by atoms with Crippen LogP contribution in [0, 0.1) is 0 Å². The van der Waals surface area contributed by atoms with Crippen LogP contribution in [0.1, 0.15) is 26.3 Å². The first-order valence-electron chi connectivity index (χ1n) is 9.76. The van der Waals surface area contributed by atoms with Gasteiger partial charge in [-0.05, 0) is 75.2 Å². The second-order valence-corrected chi connectivity index (χ2v) is 8.49. The first-order chi connectivity index (χ1) is 14.0. The predicted molar refractivity (Wildman–Crippen MR) is 122 cm³/mol. The maximum atomic E-state index is 13.0. The molecule has 0 aliphatic carbocycles. The Bertz CT molecular complexity index is 886. The first-order valence-corrected chi connectivity index (χ1v) is 11.4. The molecule has 1 atom stereocenters. The Morgan fingerprint density at radius 2 is 1.79 bits per heavy atom. The van der Waals surface area contributed by atoms with Crippen molar-refractivity contribution in [1.82, 2.24) is 4.90 Å². The molecular formula is C22H25BrN2O3S. The Balaban J connectivity index is 1.81. The average Bonchev–Trinajstić information content (AvgIpc) is 3.00. The van der Waals surface area contributed by atoms with Crippen LogP contribution in [0.5, 0.6) is 11.5 Å². The van der Waals surface area contributed by atoms with Crippen molar-refractivity contribution in [2.75, 3.05) is 19.8 Å². The van der Waals surface area contributed by atoms with Gasteiger partial charge < -0.3 is 9.47 Å². The molecule has 154 valence electrons. The quantitative estimate of drug-likeness (QED) is 0.508. The molecule has 0 N–H and O–H groups in total. The summed E-state index contributed by atoms with van der Waals surface area (Å²) in [6.45, 7) is 7.70. The molecule has 1 aliphatic rings. The third-order valence-electron chi connectivity index (χ3n) is 4.44. The number of hydrogen-bond acceptors (Lipinski definition) is 5. The highest BCUT2D eigenvalue weighted by molar-refractivity contribution is 9.10. The standard InChI is InChI=1S/C22H25BrN2O3S/c1-4-25-21(26)20(14-15-13-16(23)7-12-19(15)28-6-3)29-22(25)24-17-8-10-18(11-9-17)27-5-2/h7-13,20H,4-6,14H2,1-3H3/t20-/m1/s1. The van der Waals surface area contributed by atoms with Crippen molar-refractivity contribution in [2.24, 2.45) is 4.99 Å². The molecule has 1 fully saturated rings. The van der Waals surface area contributed by atoms with Crippen molar-refractivity contribution in [1.29, 1.82) is 0 Å². The van der Waals surface area contributed by atoms with E-state index in [9.17, 15) is 4.79 Å². The minimum Gasteiger partial charge on any atom is -0.494 e. The minimum absolute atomic E-state index is 0.0876. The Hall–Kier alpha value is -1.99. The summed E-state index contributed by atoms with van der Waals surface area (Å²) in [5.74, 6) is 1.73. The minimum atomic E-state index is -0.218. The van der Waals surface area contributed by atoms with Gasteiger partial charge in [0.05, 0.1) is 24.2 Å². The van der Waals surface area contributed by atoms with E-state index in [0.717, 1.165) is 32.4 Å². The molecule has 2 aromatic carbocycles. The largest absolute Gasteiger partial charge is 0.494 e. The number of nitrogens with zero attached hydrogens (tertiary/aromatic N) is 2. The third-order valence-corrected chi connectivity index (χ3v) is 6.10. The monoisotopic (exact) mass is 476 g/mol. The molecule has 0 unspecified atom stereocenters. The van der Waals surface area contributed by atoms with Gasteiger partial charge in [-0.15, -0.1) is 0 Å². The molecule has 0 saturated carbocycles. The van der Waals surface area contributed by atoms with Gasteiger partial charge in [0.25, 0.3) is 0 Å². The summed E-state index contributed by atoms with van der Waals surface area (Å²) in [6, 6.07) is 13.5. The second kappa shape index (κ2) is 10.2. The fourth-order valence-corrected chi connectivity index (χ4v) is 4.77. The van der Waals surface area contributed by atoms with Crippen molar-refractivity contribution < 1.29 is 14.3 Å². The third kappa shape index (κ3) is 5.34. The zero-order valence-electron chi connectivity index (χ0n) is 16.9. The Morgan fingerprint density at radius 3 is 2.45 bits per heavy atom. The summed E-state index contributed by atoms with van der Waals surface area (Å²) in [5, 5.41) is 0.518. The van der Waals surface area contributed by atoms with Gasteiger partial charge in [-0.1, -0.05) is 27.7 Å². The summed E-state index contributed by atoms with van der Waals surface area (Å²) in [5.41, 5.74) is 1.82. The molecule has 0 radical (unpaired) electrons. The number of rotatable bonds is 8. The van der Waals surface area contributed by atoms with Crippen molar-refractivity contribution in [2.45, 2.75) is 32.4 Å². The maximum absolute atomic E-state index is 13.0. The number of carbonyl (C=O) groups excluding carboxylic acids is 1. The maximum Gasteiger partial charge on any atom is 0.242 e. The summed E-state index contributed by atoms with van der Waals surface area (Å²) in [7, 11) is 0. The van der Waals surface area contributed by atoms with E-state index in [0.29, 0.717) is 26.2 Å². The highest BCUT2D eigenvalue weighted by Gasteiger charge is 2.37. The smallest absolute Gasteiger partial charge is 0.242 e. The van der Waals surface area contributed by atoms with Crippen molar-refractivity contribution >= 4 is 44.5 Å². The van der Waals surface area contributed by atoms with Gasteiger partial charge in [-0.3, -0.25) is 9.69 Å². The second-order valence-electron chi connectivity index (χ2n) is 6.40. The van der Waals surface area contributed by atoms with Gasteiger partial charge in [0.2, 0.25) is 5.91 Å². The molecule has 1 aliphatic heterocycles. The van der Waals surface area contributed by atoms with Crippen LogP contribution in [0.15, 0.2) is 51.9 Å². The summed E-state index contributed by atoms with van der Waals surface area (Å²) < 4.78 is 12.2. The summed E-state index contributed by atoms with van der Waals surface area (Å²) >= 11 is 5.03. The molecule has 1 heterocycles.